The van der Waals surface area contributed by atoms with Crippen molar-refractivity contribution in [3.8, 4) is 0 Å². The summed E-state index contributed by atoms with van der Waals surface area (Å²) in [7, 11) is 0. The molecule has 0 bridgehead atoms. The zero-order valence-corrected chi connectivity index (χ0v) is 11.9. The molecule has 1 heterocycles. The van der Waals surface area contributed by atoms with Crippen LogP contribution in [0.4, 0.5) is 5.69 Å². The fraction of sp³-hybridized carbons (Fsp3) is 0.600. The molecule has 5 heteroatoms. The van der Waals surface area contributed by atoms with Crippen molar-refractivity contribution in [2.45, 2.75) is 51.3 Å². The Hall–Kier alpha value is -1.46. The lowest BCUT2D eigenvalue weighted by molar-refractivity contribution is -0.384. The average Bonchev–Trinajstić information content (AvgIpc) is 2.41. The number of hydrogen-bond donors (Lipinski definition) is 1. The molecule has 20 heavy (non-hydrogen) atoms. The van der Waals surface area contributed by atoms with E-state index in [9.17, 15) is 15.2 Å². The van der Waals surface area contributed by atoms with E-state index in [-0.39, 0.29) is 16.7 Å². The van der Waals surface area contributed by atoms with Gasteiger partial charge in [0.05, 0.1) is 11.0 Å². The minimum atomic E-state index is -0.354. The maximum absolute atomic E-state index is 10.8. The standard InChI is InChI=1S/C15H22N2O3/c1-12(18)9-14-6-2-3-8-16(14)11-13-5-4-7-15(10-13)17(19)20/h4-5,7,10,12,14,18H,2-3,6,8-9,11H2,1H3. The van der Waals surface area contributed by atoms with Crippen LogP contribution in [0.5, 0.6) is 0 Å². The molecule has 1 aliphatic rings. The predicted molar refractivity (Wildman–Crippen MR) is 77.4 cm³/mol. The van der Waals surface area contributed by atoms with Gasteiger partial charge in [0.15, 0.2) is 0 Å². The van der Waals surface area contributed by atoms with Gasteiger partial charge >= 0.3 is 0 Å². The second kappa shape index (κ2) is 6.81. The van der Waals surface area contributed by atoms with Gasteiger partial charge in [0.2, 0.25) is 0 Å². The molecule has 1 fully saturated rings. The first kappa shape index (κ1) is 14.9. The van der Waals surface area contributed by atoms with Crippen LogP contribution in [0.15, 0.2) is 24.3 Å². The zero-order chi connectivity index (χ0) is 14.5. The van der Waals surface area contributed by atoms with Crippen LogP contribution < -0.4 is 0 Å². The highest BCUT2D eigenvalue weighted by atomic mass is 16.6. The molecule has 1 saturated heterocycles. The Bertz CT molecular complexity index is 462. The third kappa shape index (κ3) is 4.02. The van der Waals surface area contributed by atoms with Gasteiger partial charge in [-0.15, -0.1) is 0 Å². The van der Waals surface area contributed by atoms with E-state index in [1.165, 1.54) is 12.5 Å². The summed E-state index contributed by atoms with van der Waals surface area (Å²) >= 11 is 0. The number of nitro benzene ring substituents is 1. The number of nitro groups is 1. The average molecular weight is 278 g/mol. The highest BCUT2D eigenvalue weighted by molar-refractivity contribution is 5.34. The van der Waals surface area contributed by atoms with Gasteiger partial charge in [0.1, 0.15) is 0 Å². The molecule has 5 nitrogen and oxygen atoms in total. The molecule has 0 amide bonds. The highest BCUT2D eigenvalue weighted by Crippen LogP contribution is 2.24. The van der Waals surface area contributed by atoms with E-state index in [0.717, 1.165) is 37.9 Å². The molecule has 0 spiro atoms. The van der Waals surface area contributed by atoms with Crippen molar-refractivity contribution in [1.29, 1.82) is 0 Å². The Morgan fingerprint density at radius 1 is 1.50 bits per heavy atom. The molecule has 0 aromatic heterocycles. The molecule has 0 aliphatic carbocycles. The number of nitrogens with zero attached hydrogens (tertiary/aromatic N) is 2. The second-order valence-corrected chi connectivity index (χ2v) is 5.63. The van der Waals surface area contributed by atoms with Crippen molar-refractivity contribution in [2.24, 2.45) is 0 Å². The molecule has 1 N–H and O–H groups in total. The van der Waals surface area contributed by atoms with Crippen molar-refractivity contribution >= 4 is 5.69 Å². The second-order valence-electron chi connectivity index (χ2n) is 5.63. The van der Waals surface area contributed by atoms with E-state index in [0.29, 0.717) is 6.04 Å². The van der Waals surface area contributed by atoms with Crippen LogP contribution in [0.2, 0.25) is 0 Å². The van der Waals surface area contributed by atoms with E-state index in [1.54, 1.807) is 12.1 Å². The molecule has 1 aromatic carbocycles. The topological polar surface area (TPSA) is 66.6 Å². The van der Waals surface area contributed by atoms with Crippen LogP contribution in [0.25, 0.3) is 0 Å². The molecular formula is C15H22N2O3. The maximum atomic E-state index is 10.8. The predicted octanol–water partition coefficient (Wildman–Crippen LogP) is 2.72. The number of aliphatic hydroxyl groups excluding tert-OH is 1. The van der Waals surface area contributed by atoms with Crippen LogP contribution >= 0.6 is 0 Å². The Kier molecular flexibility index (Phi) is 5.09. The summed E-state index contributed by atoms with van der Waals surface area (Å²) in [6, 6.07) is 7.21. The van der Waals surface area contributed by atoms with Gasteiger partial charge in [-0.2, -0.15) is 0 Å². The molecule has 1 aliphatic heterocycles. The summed E-state index contributed by atoms with van der Waals surface area (Å²) in [6.07, 6.45) is 3.92. The van der Waals surface area contributed by atoms with Crippen molar-refractivity contribution < 1.29 is 10.0 Å². The summed E-state index contributed by atoms with van der Waals surface area (Å²) in [5, 5.41) is 20.4. The van der Waals surface area contributed by atoms with Crippen molar-refractivity contribution in [3.63, 3.8) is 0 Å². The van der Waals surface area contributed by atoms with Crippen LogP contribution in [-0.2, 0) is 6.54 Å². The monoisotopic (exact) mass is 278 g/mol. The number of benzene rings is 1. The molecule has 2 unspecified atom stereocenters. The highest BCUT2D eigenvalue weighted by Gasteiger charge is 2.23. The Morgan fingerprint density at radius 3 is 3.00 bits per heavy atom. The SMILES string of the molecule is CC(O)CC1CCCCN1Cc1cccc([N+](=O)[O-])c1. The smallest absolute Gasteiger partial charge is 0.269 e. The van der Waals surface area contributed by atoms with E-state index in [2.05, 4.69) is 4.90 Å². The fourth-order valence-electron chi connectivity index (χ4n) is 2.93. The summed E-state index contributed by atoms with van der Waals surface area (Å²) in [5.41, 5.74) is 1.11. The first-order valence-corrected chi connectivity index (χ1v) is 7.21. The molecule has 2 atom stereocenters. The Morgan fingerprint density at radius 2 is 2.30 bits per heavy atom. The lowest BCUT2D eigenvalue weighted by Gasteiger charge is -2.36. The normalized spacial score (nSPS) is 21.6. The number of aliphatic hydroxyl groups is 1. The van der Waals surface area contributed by atoms with Crippen molar-refractivity contribution in [1.82, 2.24) is 4.90 Å². The van der Waals surface area contributed by atoms with Crippen LogP contribution in [0, 0.1) is 10.1 Å². The summed E-state index contributed by atoms with van der Waals surface area (Å²) in [4.78, 5) is 12.8. The molecule has 110 valence electrons. The number of non-ortho nitro benzene ring substituents is 1. The van der Waals surface area contributed by atoms with E-state index >= 15 is 0 Å². The first-order valence-electron chi connectivity index (χ1n) is 7.21. The van der Waals surface area contributed by atoms with Gasteiger partial charge in [-0.25, -0.2) is 0 Å². The Labute approximate surface area is 119 Å². The van der Waals surface area contributed by atoms with E-state index in [4.69, 9.17) is 0 Å². The third-order valence-electron chi connectivity index (χ3n) is 3.87. The molecule has 1 aromatic rings. The number of likely N-dealkylation sites (tertiary alicyclic amines) is 1. The molecule has 2 rings (SSSR count). The van der Waals surface area contributed by atoms with Gasteiger partial charge in [-0.3, -0.25) is 15.0 Å². The summed E-state index contributed by atoms with van der Waals surface area (Å²) in [5.74, 6) is 0. The van der Waals surface area contributed by atoms with Gasteiger partial charge in [0.25, 0.3) is 5.69 Å². The Balaban J connectivity index is 2.06. The lowest BCUT2D eigenvalue weighted by Crippen LogP contribution is -2.40. The van der Waals surface area contributed by atoms with Crippen LogP contribution in [0.3, 0.4) is 0 Å². The zero-order valence-electron chi connectivity index (χ0n) is 11.9. The van der Waals surface area contributed by atoms with E-state index < -0.39 is 0 Å². The number of piperidine rings is 1. The fourth-order valence-corrected chi connectivity index (χ4v) is 2.93. The van der Waals surface area contributed by atoms with Crippen molar-refractivity contribution in [3.05, 3.63) is 39.9 Å². The largest absolute Gasteiger partial charge is 0.393 e. The van der Waals surface area contributed by atoms with Gasteiger partial charge in [-0.05, 0) is 38.3 Å². The minimum Gasteiger partial charge on any atom is -0.393 e. The first-order chi connectivity index (χ1) is 9.56. The quantitative estimate of drug-likeness (QED) is 0.664. The van der Waals surface area contributed by atoms with Gasteiger partial charge in [0, 0.05) is 24.7 Å². The molecule has 0 saturated carbocycles. The molecule has 0 radical (unpaired) electrons. The van der Waals surface area contributed by atoms with Gasteiger partial charge < -0.3 is 5.11 Å². The van der Waals surface area contributed by atoms with Crippen LogP contribution in [0.1, 0.15) is 38.2 Å². The summed E-state index contributed by atoms with van der Waals surface area (Å²) < 4.78 is 0. The third-order valence-corrected chi connectivity index (χ3v) is 3.87. The summed E-state index contributed by atoms with van der Waals surface area (Å²) in [6.45, 7) is 3.54. The van der Waals surface area contributed by atoms with Gasteiger partial charge in [-0.1, -0.05) is 18.6 Å². The number of rotatable bonds is 5. The minimum absolute atomic E-state index is 0.145. The molecular weight excluding hydrogens is 256 g/mol. The maximum Gasteiger partial charge on any atom is 0.269 e. The van der Waals surface area contributed by atoms with Crippen molar-refractivity contribution in [2.75, 3.05) is 6.54 Å². The van der Waals surface area contributed by atoms with E-state index in [1.807, 2.05) is 13.0 Å². The lowest BCUT2D eigenvalue weighted by atomic mass is 9.96. The number of hydrogen-bond acceptors (Lipinski definition) is 4. The van der Waals surface area contributed by atoms with Crippen LogP contribution in [-0.4, -0.2) is 33.6 Å².